The molecular formula is C18H31N3. The van der Waals surface area contributed by atoms with Crippen molar-refractivity contribution in [3.63, 3.8) is 0 Å². The third-order valence-electron chi connectivity index (χ3n) is 4.79. The van der Waals surface area contributed by atoms with Crippen LogP contribution in [0.2, 0.25) is 0 Å². The number of nitrogens with one attached hydrogen (secondary N) is 1. The summed E-state index contributed by atoms with van der Waals surface area (Å²) in [5.41, 5.74) is 2.33. The quantitative estimate of drug-likeness (QED) is 0.870. The lowest BCUT2D eigenvalue weighted by atomic mass is 9.93. The summed E-state index contributed by atoms with van der Waals surface area (Å²) in [6.45, 7) is 12.3. The zero-order valence-corrected chi connectivity index (χ0v) is 14.1. The molecule has 118 valence electrons. The maximum Gasteiger partial charge on any atom is 0.0547 e. The van der Waals surface area contributed by atoms with E-state index in [1.54, 1.807) is 0 Å². The van der Waals surface area contributed by atoms with E-state index >= 15 is 0 Å². The number of aromatic nitrogens is 1. The van der Waals surface area contributed by atoms with Gasteiger partial charge >= 0.3 is 0 Å². The molecule has 3 atom stereocenters. The second-order valence-corrected chi connectivity index (χ2v) is 6.55. The predicted octanol–water partition coefficient (Wildman–Crippen LogP) is 3.38. The van der Waals surface area contributed by atoms with Crippen molar-refractivity contribution in [2.24, 2.45) is 5.92 Å². The highest BCUT2D eigenvalue weighted by molar-refractivity contribution is 5.10. The standard InChI is InChI=1S/C18H31N3/c1-5-8-16-12-21(18(11-19-16)14(3)6-2)13-17-10-7-9-15(4)20-17/h7,9-10,14,16,18-19H,5-6,8,11-13H2,1-4H3. The van der Waals surface area contributed by atoms with E-state index in [1.807, 2.05) is 0 Å². The molecule has 0 saturated carbocycles. The highest BCUT2D eigenvalue weighted by atomic mass is 15.2. The van der Waals surface area contributed by atoms with Gasteiger partial charge in [-0.2, -0.15) is 0 Å². The fraction of sp³-hybridized carbons (Fsp3) is 0.722. The number of pyridine rings is 1. The molecule has 0 amide bonds. The van der Waals surface area contributed by atoms with Crippen LogP contribution in [0.5, 0.6) is 0 Å². The van der Waals surface area contributed by atoms with Gasteiger partial charge in [0.15, 0.2) is 0 Å². The Morgan fingerprint density at radius 3 is 2.86 bits per heavy atom. The fourth-order valence-corrected chi connectivity index (χ4v) is 3.35. The molecule has 0 spiro atoms. The number of hydrogen-bond acceptors (Lipinski definition) is 3. The van der Waals surface area contributed by atoms with E-state index in [1.165, 1.54) is 25.0 Å². The summed E-state index contributed by atoms with van der Waals surface area (Å²) in [5.74, 6) is 0.727. The van der Waals surface area contributed by atoms with Gasteiger partial charge in [0.1, 0.15) is 0 Å². The molecule has 1 saturated heterocycles. The average molecular weight is 289 g/mol. The van der Waals surface area contributed by atoms with Gasteiger partial charge in [0.25, 0.3) is 0 Å². The van der Waals surface area contributed by atoms with Crippen LogP contribution in [0, 0.1) is 12.8 Å². The first-order valence-corrected chi connectivity index (χ1v) is 8.54. The highest BCUT2D eigenvalue weighted by Crippen LogP contribution is 2.21. The third kappa shape index (κ3) is 4.52. The summed E-state index contributed by atoms with van der Waals surface area (Å²) in [6.07, 6.45) is 3.76. The lowest BCUT2D eigenvalue weighted by Crippen LogP contribution is -2.58. The van der Waals surface area contributed by atoms with Crippen molar-refractivity contribution in [2.75, 3.05) is 13.1 Å². The van der Waals surface area contributed by atoms with E-state index in [0.29, 0.717) is 12.1 Å². The van der Waals surface area contributed by atoms with Gasteiger partial charge in [-0.25, -0.2) is 0 Å². The Bertz CT molecular complexity index is 432. The SMILES string of the molecule is CCCC1CN(Cc2cccc(C)n2)C(C(C)CC)CN1. The maximum absolute atomic E-state index is 4.70. The Balaban J connectivity index is 2.08. The average Bonchev–Trinajstić information content (AvgIpc) is 2.47. The van der Waals surface area contributed by atoms with Crippen molar-refractivity contribution in [3.05, 3.63) is 29.6 Å². The summed E-state index contributed by atoms with van der Waals surface area (Å²) < 4.78 is 0. The Morgan fingerprint density at radius 2 is 2.19 bits per heavy atom. The van der Waals surface area contributed by atoms with Crippen LogP contribution < -0.4 is 5.32 Å². The minimum absolute atomic E-state index is 0.630. The first-order chi connectivity index (χ1) is 10.1. The smallest absolute Gasteiger partial charge is 0.0547 e. The van der Waals surface area contributed by atoms with Gasteiger partial charge in [-0.05, 0) is 31.4 Å². The van der Waals surface area contributed by atoms with Crippen LogP contribution in [0.1, 0.15) is 51.4 Å². The summed E-state index contributed by atoms with van der Waals surface area (Å²) in [4.78, 5) is 7.36. The molecule has 2 heterocycles. The second-order valence-electron chi connectivity index (χ2n) is 6.55. The number of aryl methyl sites for hydroxylation is 1. The van der Waals surface area contributed by atoms with E-state index in [9.17, 15) is 0 Å². The molecule has 0 aliphatic carbocycles. The molecule has 0 bridgehead atoms. The molecule has 3 nitrogen and oxygen atoms in total. The molecule has 0 aromatic carbocycles. The molecular weight excluding hydrogens is 258 g/mol. The van der Waals surface area contributed by atoms with Gasteiger partial charge in [0.05, 0.1) is 5.69 Å². The Morgan fingerprint density at radius 1 is 1.38 bits per heavy atom. The topological polar surface area (TPSA) is 28.2 Å². The van der Waals surface area contributed by atoms with Crippen molar-refractivity contribution in [1.82, 2.24) is 15.2 Å². The monoisotopic (exact) mass is 289 g/mol. The number of piperazine rings is 1. The van der Waals surface area contributed by atoms with E-state index in [4.69, 9.17) is 4.98 Å². The Kier molecular flexibility index (Phi) is 6.19. The van der Waals surface area contributed by atoms with Crippen molar-refractivity contribution >= 4 is 0 Å². The van der Waals surface area contributed by atoms with Crippen LogP contribution in [0.25, 0.3) is 0 Å². The summed E-state index contributed by atoms with van der Waals surface area (Å²) in [7, 11) is 0. The molecule has 1 aromatic rings. The summed E-state index contributed by atoms with van der Waals surface area (Å²) in [5, 5.41) is 3.75. The summed E-state index contributed by atoms with van der Waals surface area (Å²) >= 11 is 0. The molecule has 1 aliphatic heterocycles. The van der Waals surface area contributed by atoms with Crippen LogP contribution in [-0.2, 0) is 6.54 Å². The molecule has 3 heteroatoms. The molecule has 1 fully saturated rings. The molecule has 3 unspecified atom stereocenters. The third-order valence-corrected chi connectivity index (χ3v) is 4.79. The van der Waals surface area contributed by atoms with Crippen molar-refractivity contribution in [3.8, 4) is 0 Å². The minimum Gasteiger partial charge on any atom is -0.311 e. The Hall–Kier alpha value is -0.930. The van der Waals surface area contributed by atoms with Gasteiger partial charge < -0.3 is 5.32 Å². The zero-order chi connectivity index (χ0) is 15.2. The van der Waals surface area contributed by atoms with Crippen LogP contribution in [0.3, 0.4) is 0 Å². The summed E-state index contributed by atoms with van der Waals surface area (Å²) in [6, 6.07) is 7.64. The molecule has 2 rings (SSSR count). The fourth-order valence-electron chi connectivity index (χ4n) is 3.35. The zero-order valence-electron chi connectivity index (χ0n) is 14.1. The van der Waals surface area contributed by atoms with Gasteiger partial charge in [0.2, 0.25) is 0 Å². The molecule has 21 heavy (non-hydrogen) atoms. The van der Waals surface area contributed by atoms with Crippen LogP contribution in [0.15, 0.2) is 18.2 Å². The van der Waals surface area contributed by atoms with Gasteiger partial charge in [-0.3, -0.25) is 9.88 Å². The maximum atomic E-state index is 4.70. The number of rotatable bonds is 6. The van der Waals surface area contributed by atoms with Gasteiger partial charge in [-0.15, -0.1) is 0 Å². The molecule has 1 aromatic heterocycles. The van der Waals surface area contributed by atoms with E-state index in [-0.39, 0.29) is 0 Å². The number of nitrogens with zero attached hydrogens (tertiary/aromatic N) is 2. The van der Waals surface area contributed by atoms with E-state index < -0.39 is 0 Å². The highest BCUT2D eigenvalue weighted by Gasteiger charge is 2.30. The van der Waals surface area contributed by atoms with Crippen molar-refractivity contribution < 1.29 is 0 Å². The lowest BCUT2D eigenvalue weighted by molar-refractivity contribution is 0.0806. The predicted molar refractivity (Wildman–Crippen MR) is 89.3 cm³/mol. The second kappa shape index (κ2) is 7.90. The first-order valence-electron chi connectivity index (χ1n) is 8.54. The van der Waals surface area contributed by atoms with E-state index in [2.05, 4.69) is 56.1 Å². The van der Waals surface area contributed by atoms with Crippen LogP contribution in [0.4, 0.5) is 0 Å². The molecule has 1 N–H and O–H groups in total. The van der Waals surface area contributed by atoms with Crippen LogP contribution in [-0.4, -0.2) is 35.1 Å². The lowest BCUT2D eigenvalue weighted by Gasteiger charge is -2.43. The van der Waals surface area contributed by atoms with E-state index in [0.717, 1.165) is 31.2 Å². The van der Waals surface area contributed by atoms with Crippen molar-refractivity contribution in [2.45, 2.75) is 65.6 Å². The number of hydrogen-bond donors (Lipinski definition) is 1. The molecule has 1 aliphatic rings. The molecule has 0 radical (unpaired) electrons. The van der Waals surface area contributed by atoms with Gasteiger partial charge in [-0.1, -0.05) is 39.7 Å². The normalized spacial score (nSPS) is 25.0. The van der Waals surface area contributed by atoms with Crippen molar-refractivity contribution in [1.29, 1.82) is 0 Å². The van der Waals surface area contributed by atoms with Gasteiger partial charge in [0, 0.05) is 37.4 Å². The first kappa shape index (κ1) is 16.4. The largest absolute Gasteiger partial charge is 0.311 e. The minimum atomic E-state index is 0.630. The van der Waals surface area contributed by atoms with Crippen LogP contribution >= 0.6 is 0 Å². The Labute approximate surface area is 130 Å².